The minimum atomic E-state index is -0.0609. The highest BCUT2D eigenvalue weighted by Crippen LogP contribution is 2.15. The number of morpholine rings is 1. The second-order valence-electron chi connectivity index (χ2n) is 4.28. The van der Waals surface area contributed by atoms with Gasteiger partial charge in [-0.2, -0.15) is 0 Å². The summed E-state index contributed by atoms with van der Waals surface area (Å²) in [4.78, 5) is 2.24. The molecule has 0 radical (unpaired) electrons. The zero-order chi connectivity index (χ0) is 12.8. The first-order valence-electron chi connectivity index (χ1n) is 6.11. The summed E-state index contributed by atoms with van der Waals surface area (Å²) in [5, 5.41) is 9.75. The maximum Gasteiger partial charge on any atom is 0.119 e. The van der Waals surface area contributed by atoms with Crippen LogP contribution in [0.25, 0.3) is 0 Å². The van der Waals surface area contributed by atoms with Crippen LogP contribution < -0.4 is 4.74 Å². The first-order chi connectivity index (χ1) is 8.78. The van der Waals surface area contributed by atoms with Gasteiger partial charge < -0.3 is 14.6 Å². The largest absolute Gasteiger partial charge is 0.492 e. The number of halogens is 1. The Labute approximate surface area is 112 Å². The molecular formula is C13H18ClNO3. The van der Waals surface area contributed by atoms with Crippen molar-refractivity contribution < 1.29 is 14.6 Å². The first-order valence-corrected chi connectivity index (χ1v) is 6.49. The molecule has 0 saturated carbocycles. The molecule has 1 aliphatic rings. The summed E-state index contributed by atoms with van der Waals surface area (Å²) >= 11 is 5.80. The van der Waals surface area contributed by atoms with Crippen LogP contribution in [0.15, 0.2) is 24.3 Å². The second kappa shape index (κ2) is 6.95. The van der Waals surface area contributed by atoms with Crippen molar-refractivity contribution in [2.75, 3.05) is 39.5 Å². The number of aliphatic hydroxyl groups is 1. The zero-order valence-electron chi connectivity index (χ0n) is 10.2. The van der Waals surface area contributed by atoms with Gasteiger partial charge in [-0.25, -0.2) is 0 Å². The van der Waals surface area contributed by atoms with Crippen LogP contribution in [0.4, 0.5) is 0 Å². The lowest BCUT2D eigenvalue weighted by atomic mass is 10.3. The molecule has 1 atom stereocenters. The van der Waals surface area contributed by atoms with Crippen molar-refractivity contribution in [3.8, 4) is 5.75 Å². The summed E-state index contributed by atoms with van der Waals surface area (Å²) in [7, 11) is 0. The molecule has 1 aliphatic heterocycles. The third kappa shape index (κ3) is 4.14. The number of rotatable bonds is 5. The minimum absolute atomic E-state index is 0.0609. The maximum absolute atomic E-state index is 9.04. The molecule has 1 fully saturated rings. The molecule has 1 saturated heterocycles. The Morgan fingerprint density at radius 1 is 1.39 bits per heavy atom. The van der Waals surface area contributed by atoms with Crippen molar-refractivity contribution in [2.45, 2.75) is 6.10 Å². The SMILES string of the molecule is OCC1CN(CCOc2ccc(Cl)cc2)CCO1. The van der Waals surface area contributed by atoms with Gasteiger partial charge in [-0.3, -0.25) is 4.90 Å². The molecule has 1 heterocycles. The summed E-state index contributed by atoms with van der Waals surface area (Å²) in [5.74, 6) is 0.825. The minimum Gasteiger partial charge on any atom is -0.492 e. The number of nitrogens with zero attached hydrogens (tertiary/aromatic N) is 1. The molecule has 5 heteroatoms. The van der Waals surface area contributed by atoms with E-state index < -0.39 is 0 Å². The summed E-state index contributed by atoms with van der Waals surface area (Å²) < 4.78 is 11.0. The van der Waals surface area contributed by atoms with Gasteiger partial charge in [-0.1, -0.05) is 11.6 Å². The number of hydrogen-bond donors (Lipinski definition) is 1. The monoisotopic (exact) mass is 271 g/mol. The smallest absolute Gasteiger partial charge is 0.119 e. The van der Waals surface area contributed by atoms with Gasteiger partial charge in [0.1, 0.15) is 12.4 Å². The lowest BCUT2D eigenvalue weighted by Gasteiger charge is -2.31. The standard InChI is InChI=1S/C13H18ClNO3/c14-11-1-3-12(4-2-11)17-7-5-15-6-8-18-13(9-15)10-16/h1-4,13,16H,5-10H2. The van der Waals surface area contributed by atoms with E-state index in [2.05, 4.69) is 4.90 Å². The van der Waals surface area contributed by atoms with E-state index in [0.29, 0.717) is 18.2 Å². The van der Waals surface area contributed by atoms with Crippen LogP contribution in [0.1, 0.15) is 0 Å². The molecule has 0 spiro atoms. The lowest BCUT2D eigenvalue weighted by Crippen LogP contribution is -2.45. The van der Waals surface area contributed by atoms with Crippen LogP contribution in [-0.4, -0.2) is 55.6 Å². The van der Waals surface area contributed by atoms with Gasteiger partial charge in [0, 0.05) is 24.7 Å². The molecule has 0 aliphatic carbocycles. The molecule has 0 amide bonds. The van der Waals surface area contributed by atoms with Crippen LogP contribution >= 0.6 is 11.6 Å². The summed E-state index contributed by atoms with van der Waals surface area (Å²) in [6.07, 6.45) is -0.0609. The Kier molecular flexibility index (Phi) is 5.26. The predicted molar refractivity (Wildman–Crippen MR) is 70.2 cm³/mol. The zero-order valence-corrected chi connectivity index (χ0v) is 11.0. The third-order valence-corrected chi connectivity index (χ3v) is 3.17. The van der Waals surface area contributed by atoms with E-state index in [-0.39, 0.29) is 12.7 Å². The van der Waals surface area contributed by atoms with E-state index >= 15 is 0 Å². The van der Waals surface area contributed by atoms with Crippen LogP contribution in [0.5, 0.6) is 5.75 Å². The van der Waals surface area contributed by atoms with Crippen molar-refractivity contribution in [1.29, 1.82) is 0 Å². The number of benzene rings is 1. The first kappa shape index (κ1) is 13.6. The van der Waals surface area contributed by atoms with Crippen LogP contribution in [0.3, 0.4) is 0 Å². The van der Waals surface area contributed by atoms with Gasteiger partial charge in [-0.05, 0) is 24.3 Å². The number of aliphatic hydroxyl groups excluding tert-OH is 1. The van der Waals surface area contributed by atoms with E-state index in [1.165, 1.54) is 0 Å². The highest BCUT2D eigenvalue weighted by Gasteiger charge is 2.19. The summed E-state index contributed by atoms with van der Waals surface area (Å²) in [6, 6.07) is 7.34. The fourth-order valence-electron chi connectivity index (χ4n) is 1.92. The van der Waals surface area contributed by atoms with Crippen LogP contribution in [0, 0.1) is 0 Å². The van der Waals surface area contributed by atoms with Crippen molar-refractivity contribution in [3.05, 3.63) is 29.3 Å². The molecule has 1 N–H and O–H groups in total. The van der Waals surface area contributed by atoms with Crippen molar-refractivity contribution in [3.63, 3.8) is 0 Å². The fraction of sp³-hybridized carbons (Fsp3) is 0.538. The number of ether oxygens (including phenoxy) is 2. The quantitative estimate of drug-likeness (QED) is 0.879. The Balaban J connectivity index is 1.70. The fourth-order valence-corrected chi connectivity index (χ4v) is 2.04. The topological polar surface area (TPSA) is 41.9 Å². The highest BCUT2D eigenvalue weighted by molar-refractivity contribution is 6.30. The van der Waals surface area contributed by atoms with Gasteiger partial charge in [0.15, 0.2) is 0 Å². The molecule has 2 rings (SSSR count). The van der Waals surface area contributed by atoms with Crippen molar-refractivity contribution >= 4 is 11.6 Å². The van der Waals surface area contributed by atoms with E-state index in [1.54, 1.807) is 0 Å². The van der Waals surface area contributed by atoms with Crippen LogP contribution in [-0.2, 0) is 4.74 Å². The Morgan fingerprint density at radius 2 is 2.17 bits per heavy atom. The van der Waals surface area contributed by atoms with E-state index in [1.807, 2.05) is 24.3 Å². The second-order valence-corrected chi connectivity index (χ2v) is 4.71. The highest BCUT2D eigenvalue weighted by atomic mass is 35.5. The predicted octanol–water partition coefficient (Wildman–Crippen LogP) is 1.41. The average molecular weight is 272 g/mol. The summed E-state index contributed by atoms with van der Waals surface area (Å²) in [6.45, 7) is 3.87. The molecule has 18 heavy (non-hydrogen) atoms. The van der Waals surface area contributed by atoms with Gasteiger partial charge in [-0.15, -0.1) is 0 Å². The number of hydrogen-bond acceptors (Lipinski definition) is 4. The molecule has 1 aromatic carbocycles. The molecule has 1 aromatic rings. The Morgan fingerprint density at radius 3 is 2.89 bits per heavy atom. The molecule has 1 unspecified atom stereocenters. The summed E-state index contributed by atoms with van der Waals surface area (Å²) in [5.41, 5.74) is 0. The van der Waals surface area contributed by atoms with Gasteiger partial charge in [0.2, 0.25) is 0 Å². The molecule has 0 aromatic heterocycles. The lowest BCUT2D eigenvalue weighted by molar-refractivity contribution is -0.0547. The Bertz CT molecular complexity index is 358. The van der Waals surface area contributed by atoms with Gasteiger partial charge in [0.05, 0.1) is 19.3 Å². The molecule has 0 bridgehead atoms. The van der Waals surface area contributed by atoms with Crippen LogP contribution in [0.2, 0.25) is 5.02 Å². The molecule has 100 valence electrons. The average Bonchev–Trinajstić information content (AvgIpc) is 2.41. The maximum atomic E-state index is 9.04. The van der Waals surface area contributed by atoms with E-state index in [4.69, 9.17) is 26.2 Å². The Hall–Kier alpha value is -0.810. The van der Waals surface area contributed by atoms with Gasteiger partial charge in [0.25, 0.3) is 0 Å². The van der Waals surface area contributed by atoms with Gasteiger partial charge >= 0.3 is 0 Å². The third-order valence-electron chi connectivity index (χ3n) is 2.92. The molecule has 4 nitrogen and oxygen atoms in total. The van der Waals surface area contributed by atoms with E-state index in [0.717, 1.165) is 25.4 Å². The van der Waals surface area contributed by atoms with Crippen molar-refractivity contribution in [1.82, 2.24) is 4.90 Å². The molecular weight excluding hydrogens is 254 g/mol. The normalized spacial score (nSPS) is 20.9. The van der Waals surface area contributed by atoms with Crippen molar-refractivity contribution in [2.24, 2.45) is 0 Å². The van der Waals surface area contributed by atoms with E-state index in [9.17, 15) is 0 Å².